The van der Waals surface area contributed by atoms with Crippen LogP contribution < -0.4 is 10.6 Å². The van der Waals surface area contributed by atoms with Crippen molar-refractivity contribution in [1.82, 2.24) is 0 Å². The highest BCUT2D eigenvalue weighted by Crippen LogP contribution is 2.20. The lowest BCUT2D eigenvalue weighted by atomic mass is 10.2. The van der Waals surface area contributed by atoms with Crippen molar-refractivity contribution in [3.8, 4) is 0 Å². The first-order chi connectivity index (χ1) is 9.45. The third kappa shape index (κ3) is 3.48. The molecule has 3 nitrogen and oxygen atoms in total. The molecule has 0 aliphatic heterocycles. The Hall–Kier alpha value is -2.07. The number of hydrogen-bond donors (Lipinski definition) is 2. The van der Waals surface area contributed by atoms with Crippen LogP contribution >= 0.6 is 11.6 Å². The Morgan fingerprint density at radius 2 is 1.85 bits per heavy atom. The fraction of sp³-hybridized carbons (Fsp3) is 0.133. The fourth-order valence-corrected chi connectivity index (χ4v) is 1.87. The molecule has 0 aliphatic rings. The van der Waals surface area contributed by atoms with Crippen LogP contribution in [-0.4, -0.2) is 6.03 Å². The summed E-state index contributed by atoms with van der Waals surface area (Å²) in [5.41, 5.74) is 2.47. The smallest absolute Gasteiger partial charge is 0.308 e. The molecule has 2 aromatic rings. The van der Waals surface area contributed by atoms with E-state index in [0.29, 0.717) is 10.7 Å². The van der Waals surface area contributed by atoms with Crippen LogP contribution in [-0.2, 0) is 0 Å². The van der Waals surface area contributed by atoms with E-state index < -0.39 is 11.8 Å². The highest BCUT2D eigenvalue weighted by atomic mass is 35.5. The van der Waals surface area contributed by atoms with Crippen LogP contribution in [0, 0.1) is 19.7 Å². The molecule has 2 aromatic carbocycles. The maximum Gasteiger partial charge on any atom is 0.323 e. The van der Waals surface area contributed by atoms with Crippen molar-refractivity contribution in [3.63, 3.8) is 0 Å². The van der Waals surface area contributed by atoms with Crippen molar-refractivity contribution in [2.45, 2.75) is 13.8 Å². The molecule has 0 fully saturated rings. The second kappa shape index (κ2) is 5.92. The van der Waals surface area contributed by atoms with Crippen LogP contribution in [0.3, 0.4) is 0 Å². The molecule has 0 bridgehead atoms. The van der Waals surface area contributed by atoms with E-state index in [9.17, 15) is 9.18 Å². The molecule has 0 aliphatic carbocycles. The number of nitrogens with one attached hydrogen (secondary N) is 2. The molecule has 2 rings (SSSR count). The normalized spacial score (nSPS) is 10.2. The quantitative estimate of drug-likeness (QED) is 0.824. The second-order valence-electron chi connectivity index (χ2n) is 4.53. The summed E-state index contributed by atoms with van der Waals surface area (Å²) in [7, 11) is 0. The Labute approximate surface area is 121 Å². The van der Waals surface area contributed by atoms with Gasteiger partial charge in [-0.2, -0.15) is 0 Å². The van der Waals surface area contributed by atoms with Gasteiger partial charge in [0, 0.05) is 10.7 Å². The topological polar surface area (TPSA) is 41.1 Å². The molecule has 0 saturated carbocycles. The number of rotatable bonds is 2. The van der Waals surface area contributed by atoms with Crippen LogP contribution in [0.4, 0.5) is 20.6 Å². The van der Waals surface area contributed by atoms with Gasteiger partial charge in [0.15, 0.2) is 0 Å². The van der Waals surface area contributed by atoms with Crippen molar-refractivity contribution in [2.75, 3.05) is 10.6 Å². The van der Waals surface area contributed by atoms with Gasteiger partial charge in [0.25, 0.3) is 0 Å². The van der Waals surface area contributed by atoms with Crippen molar-refractivity contribution in [3.05, 3.63) is 58.4 Å². The van der Waals surface area contributed by atoms with Crippen molar-refractivity contribution in [1.29, 1.82) is 0 Å². The Kier molecular flexibility index (Phi) is 4.25. The zero-order valence-electron chi connectivity index (χ0n) is 11.1. The maximum atomic E-state index is 13.5. The minimum absolute atomic E-state index is 0.140. The number of hydrogen-bond acceptors (Lipinski definition) is 1. The summed E-state index contributed by atoms with van der Waals surface area (Å²) in [6.45, 7) is 3.69. The Balaban J connectivity index is 2.09. The van der Waals surface area contributed by atoms with Gasteiger partial charge < -0.3 is 10.6 Å². The van der Waals surface area contributed by atoms with E-state index in [1.54, 1.807) is 30.3 Å². The summed E-state index contributed by atoms with van der Waals surface area (Å²) in [5, 5.41) is 5.63. The van der Waals surface area contributed by atoms with Gasteiger partial charge in [-0.25, -0.2) is 9.18 Å². The van der Waals surface area contributed by atoms with Crippen LogP contribution in [0.5, 0.6) is 0 Å². The van der Waals surface area contributed by atoms with E-state index in [0.717, 1.165) is 11.1 Å². The van der Waals surface area contributed by atoms with Crippen LogP contribution in [0.2, 0.25) is 5.02 Å². The maximum absolute atomic E-state index is 13.5. The minimum Gasteiger partial charge on any atom is -0.308 e. The summed E-state index contributed by atoms with van der Waals surface area (Å²) in [6, 6.07) is 9.17. The number of carbonyl (C=O) groups excluding carboxylic acids is 1. The Bertz CT molecular complexity index is 658. The molecule has 104 valence electrons. The molecule has 0 spiro atoms. The SMILES string of the molecule is Cc1ccc(F)c(NC(=O)Nc2ccc(C)c(Cl)c2)c1. The van der Waals surface area contributed by atoms with Gasteiger partial charge in [-0.3, -0.25) is 0 Å². The fourth-order valence-electron chi connectivity index (χ4n) is 1.69. The number of halogens is 2. The van der Waals surface area contributed by atoms with Gasteiger partial charge in [0.2, 0.25) is 0 Å². The molecule has 2 amide bonds. The van der Waals surface area contributed by atoms with E-state index in [4.69, 9.17) is 11.6 Å². The summed E-state index contributed by atoms with van der Waals surface area (Å²) >= 11 is 5.97. The van der Waals surface area contributed by atoms with E-state index in [-0.39, 0.29) is 5.69 Å². The van der Waals surface area contributed by atoms with Gasteiger partial charge in [-0.15, -0.1) is 0 Å². The highest BCUT2D eigenvalue weighted by molar-refractivity contribution is 6.31. The molecule has 0 heterocycles. The zero-order valence-corrected chi connectivity index (χ0v) is 11.9. The molecule has 0 aromatic heterocycles. The summed E-state index contributed by atoms with van der Waals surface area (Å²) < 4.78 is 13.5. The number of amides is 2. The van der Waals surface area contributed by atoms with Crippen LogP contribution in [0.15, 0.2) is 36.4 Å². The molecule has 2 N–H and O–H groups in total. The molecular weight excluding hydrogens is 279 g/mol. The Morgan fingerprint density at radius 1 is 1.10 bits per heavy atom. The van der Waals surface area contributed by atoms with Gasteiger partial charge >= 0.3 is 6.03 Å². The first-order valence-electron chi connectivity index (χ1n) is 6.06. The van der Waals surface area contributed by atoms with Gasteiger partial charge in [0.1, 0.15) is 5.82 Å². The van der Waals surface area contributed by atoms with Gasteiger partial charge in [-0.05, 0) is 49.2 Å². The average Bonchev–Trinajstić information content (AvgIpc) is 2.38. The van der Waals surface area contributed by atoms with Gasteiger partial charge in [0.05, 0.1) is 5.69 Å². The van der Waals surface area contributed by atoms with E-state index >= 15 is 0 Å². The minimum atomic E-state index is -0.519. The third-order valence-electron chi connectivity index (χ3n) is 2.80. The second-order valence-corrected chi connectivity index (χ2v) is 4.93. The van der Waals surface area contributed by atoms with E-state index in [1.807, 2.05) is 13.8 Å². The first kappa shape index (κ1) is 14.3. The monoisotopic (exact) mass is 292 g/mol. The van der Waals surface area contributed by atoms with E-state index in [1.165, 1.54) is 6.07 Å². The summed E-state index contributed by atoms with van der Waals surface area (Å²) in [6.07, 6.45) is 0. The van der Waals surface area contributed by atoms with Gasteiger partial charge in [-0.1, -0.05) is 23.7 Å². The van der Waals surface area contributed by atoms with Crippen LogP contribution in [0.25, 0.3) is 0 Å². The van der Waals surface area contributed by atoms with Crippen LogP contribution in [0.1, 0.15) is 11.1 Å². The standard InChI is InChI=1S/C15H14ClFN2O/c1-9-3-6-13(17)14(7-9)19-15(20)18-11-5-4-10(2)12(16)8-11/h3-8H,1-2H3,(H2,18,19,20). The zero-order chi connectivity index (χ0) is 14.7. The lowest BCUT2D eigenvalue weighted by Crippen LogP contribution is -2.20. The number of anilines is 2. The number of benzene rings is 2. The molecule has 0 unspecified atom stereocenters. The highest BCUT2D eigenvalue weighted by Gasteiger charge is 2.08. The molecule has 0 saturated heterocycles. The van der Waals surface area contributed by atoms with Crippen molar-refractivity contribution >= 4 is 29.0 Å². The molecular formula is C15H14ClFN2O. The van der Waals surface area contributed by atoms with Crippen molar-refractivity contribution in [2.24, 2.45) is 0 Å². The molecule has 0 radical (unpaired) electrons. The summed E-state index contributed by atoms with van der Waals surface area (Å²) in [4.78, 5) is 11.8. The number of urea groups is 1. The average molecular weight is 293 g/mol. The molecule has 5 heteroatoms. The lowest BCUT2D eigenvalue weighted by Gasteiger charge is -2.10. The lowest BCUT2D eigenvalue weighted by molar-refractivity contribution is 0.262. The molecule has 20 heavy (non-hydrogen) atoms. The first-order valence-corrected chi connectivity index (χ1v) is 6.44. The third-order valence-corrected chi connectivity index (χ3v) is 3.21. The van der Waals surface area contributed by atoms with Crippen molar-refractivity contribution < 1.29 is 9.18 Å². The van der Waals surface area contributed by atoms with E-state index in [2.05, 4.69) is 10.6 Å². The predicted molar refractivity (Wildman–Crippen MR) is 80.0 cm³/mol. The number of carbonyl (C=O) groups is 1. The largest absolute Gasteiger partial charge is 0.323 e. The number of aryl methyl sites for hydroxylation is 2. The predicted octanol–water partition coefficient (Wildman–Crippen LogP) is 4.74. The molecule has 0 atom stereocenters. The summed E-state index contributed by atoms with van der Waals surface area (Å²) in [5.74, 6) is -0.479. The Morgan fingerprint density at radius 3 is 2.55 bits per heavy atom.